The minimum atomic E-state index is 0.138. The SMILES string of the molecule is CNC(=O)CCCC1=CCC(C)C=C1. The summed E-state index contributed by atoms with van der Waals surface area (Å²) in [6.07, 6.45) is 10.5. The zero-order valence-electron chi connectivity index (χ0n) is 9.05. The van der Waals surface area contributed by atoms with Gasteiger partial charge in [-0.3, -0.25) is 4.79 Å². The van der Waals surface area contributed by atoms with Gasteiger partial charge in [0.2, 0.25) is 5.91 Å². The Kier molecular flexibility index (Phi) is 4.44. The smallest absolute Gasteiger partial charge is 0.219 e. The lowest BCUT2D eigenvalue weighted by Gasteiger charge is -2.11. The minimum absolute atomic E-state index is 0.138. The second kappa shape index (κ2) is 5.63. The summed E-state index contributed by atoms with van der Waals surface area (Å²) >= 11 is 0. The summed E-state index contributed by atoms with van der Waals surface area (Å²) < 4.78 is 0. The summed E-state index contributed by atoms with van der Waals surface area (Å²) in [5, 5.41) is 2.63. The molecule has 0 aromatic heterocycles. The number of nitrogens with one attached hydrogen (secondary N) is 1. The second-order valence-electron chi connectivity index (χ2n) is 3.88. The number of hydrogen-bond acceptors (Lipinski definition) is 1. The first-order chi connectivity index (χ1) is 6.72. The second-order valence-corrected chi connectivity index (χ2v) is 3.88. The van der Waals surface area contributed by atoms with Crippen LogP contribution in [0.3, 0.4) is 0 Å². The van der Waals surface area contributed by atoms with Gasteiger partial charge in [-0.2, -0.15) is 0 Å². The molecular formula is C12H19NO. The maximum absolute atomic E-state index is 11.0. The molecule has 14 heavy (non-hydrogen) atoms. The fourth-order valence-electron chi connectivity index (χ4n) is 1.54. The van der Waals surface area contributed by atoms with E-state index < -0.39 is 0 Å². The van der Waals surface area contributed by atoms with Crippen LogP contribution >= 0.6 is 0 Å². The molecule has 2 heteroatoms. The molecule has 0 bridgehead atoms. The Hall–Kier alpha value is -1.05. The van der Waals surface area contributed by atoms with Gasteiger partial charge in [0.15, 0.2) is 0 Å². The van der Waals surface area contributed by atoms with Gasteiger partial charge in [-0.1, -0.05) is 30.7 Å². The van der Waals surface area contributed by atoms with Gasteiger partial charge in [-0.15, -0.1) is 0 Å². The lowest BCUT2D eigenvalue weighted by atomic mass is 9.96. The van der Waals surface area contributed by atoms with Crippen molar-refractivity contribution in [2.24, 2.45) is 5.92 Å². The van der Waals surface area contributed by atoms with Crippen molar-refractivity contribution in [1.29, 1.82) is 0 Å². The highest BCUT2D eigenvalue weighted by atomic mass is 16.1. The number of carbonyl (C=O) groups excluding carboxylic acids is 1. The first-order valence-electron chi connectivity index (χ1n) is 5.30. The van der Waals surface area contributed by atoms with Crippen molar-refractivity contribution in [3.8, 4) is 0 Å². The molecule has 0 saturated carbocycles. The molecule has 0 fully saturated rings. The van der Waals surface area contributed by atoms with Crippen LogP contribution in [0.15, 0.2) is 23.8 Å². The molecule has 0 radical (unpaired) electrons. The maximum atomic E-state index is 11.0. The number of allylic oxidation sites excluding steroid dienone is 4. The Morgan fingerprint density at radius 1 is 1.64 bits per heavy atom. The Morgan fingerprint density at radius 3 is 3.00 bits per heavy atom. The summed E-state index contributed by atoms with van der Waals surface area (Å²) in [5.41, 5.74) is 1.38. The topological polar surface area (TPSA) is 29.1 Å². The standard InChI is InChI=1S/C12H19NO/c1-10-6-8-11(9-7-10)4-3-5-12(14)13-2/h6,8-10H,3-5,7H2,1-2H3,(H,13,14). The molecule has 1 unspecified atom stereocenters. The lowest BCUT2D eigenvalue weighted by molar-refractivity contribution is -0.120. The summed E-state index contributed by atoms with van der Waals surface area (Å²) in [5.74, 6) is 0.816. The van der Waals surface area contributed by atoms with Crippen LogP contribution in [0.2, 0.25) is 0 Å². The highest BCUT2D eigenvalue weighted by Crippen LogP contribution is 2.19. The van der Waals surface area contributed by atoms with E-state index in [1.54, 1.807) is 7.05 Å². The van der Waals surface area contributed by atoms with E-state index in [1.807, 2.05) is 0 Å². The van der Waals surface area contributed by atoms with E-state index >= 15 is 0 Å². The molecule has 0 aromatic carbocycles. The van der Waals surface area contributed by atoms with Gasteiger partial charge in [0.25, 0.3) is 0 Å². The van der Waals surface area contributed by atoms with E-state index in [0.717, 1.165) is 19.3 Å². The molecule has 0 aromatic rings. The minimum Gasteiger partial charge on any atom is -0.359 e. The Balaban J connectivity index is 2.20. The van der Waals surface area contributed by atoms with Gasteiger partial charge >= 0.3 is 0 Å². The van der Waals surface area contributed by atoms with E-state index in [9.17, 15) is 4.79 Å². The summed E-state index contributed by atoms with van der Waals surface area (Å²) in [6.45, 7) is 2.22. The highest BCUT2D eigenvalue weighted by Gasteiger charge is 2.04. The van der Waals surface area contributed by atoms with E-state index in [2.05, 4.69) is 30.5 Å². The van der Waals surface area contributed by atoms with Gasteiger partial charge in [0, 0.05) is 13.5 Å². The van der Waals surface area contributed by atoms with Crippen molar-refractivity contribution in [1.82, 2.24) is 5.32 Å². The van der Waals surface area contributed by atoms with Crippen LogP contribution in [0.1, 0.15) is 32.6 Å². The molecule has 78 valence electrons. The van der Waals surface area contributed by atoms with Gasteiger partial charge < -0.3 is 5.32 Å². The van der Waals surface area contributed by atoms with Crippen LogP contribution in [-0.4, -0.2) is 13.0 Å². The lowest BCUT2D eigenvalue weighted by Crippen LogP contribution is -2.16. The fourth-order valence-corrected chi connectivity index (χ4v) is 1.54. The third-order valence-electron chi connectivity index (χ3n) is 2.54. The Bertz CT molecular complexity index is 253. The van der Waals surface area contributed by atoms with E-state index in [4.69, 9.17) is 0 Å². The van der Waals surface area contributed by atoms with Crippen LogP contribution < -0.4 is 5.32 Å². The van der Waals surface area contributed by atoms with E-state index in [-0.39, 0.29) is 5.91 Å². The predicted octanol–water partition coefficient (Wildman–Crippen LogP) is 2.43. The van der Waals surface area contributed by atoms with Crippen molar-refractivity contribution in [2.45, 2.75) is 32.6 Å². The van der Waals surface area contributed by atoms with Crippen LogP contribution in [0, 0.1) is 5.92 Å². The zero-order chi connectivity index (χ0) is 10.4. The average Bonchev–Trinajstić information content (AvgIpc) is 2.21. The van der Waals surface area contributed by atoms with Crippen LogP contribution in [0.25, 0.3) is 0 Å². The molecule has 1 amide bonds. The average molecular weight is 193 g/mol. The number of amides is 1. The summed E-state index contributed by atoms with van der Waals surface area (Å²) in [4.78, 5) is 11.0. The van der Waals surface area contributed by atoms with E-state index in [0.29, 0.717) is 12.3 Å². The van der Waals surface area contributed by atoms with Crippen molar-refractivity contribution >= 4 is 5.91 Å². The number of hydrogen-bond donors (Lipinski definition) is 1. The van der Waals surface area contributed by atoms with E-state index in [1.165, 1.54) is 5.57 Å². The van der Waals surface area contributed by atoms with Gasteiger partial charge in [0.05, 0.1) is 0 Å². The zero-order valence-corrected chi connectivity index (χ0v) is 9.05. The van der Waals surface area contributed by atoms with Crippen molar-refractivity contribution in [2.75, 3.05) is 7.05 Å². The van der Waals surface area contributed by atoms with Gasteiger partial charge in [-0.25, -0.2) is 0 Å². The number of rotatable bonds is 4. The molecule has 1 N–H and O–H groups in total. The van der Waals surface area contributed by atoms with Crippen molar-refractivity contribution in [3.63, 3.8) is 0 Å². The normalized spacial score (nSPS) is 20.4. The molecule has 2 nitrogen and oxygen atoms in total. The first kappa shape index (κ1) is 11.0. The Morgan fingerprint density at radius 2 is 2.43 bits per heavy atom. The molecule has 0 spiro atoms. The molecule has 0 aliphatic heterocycles. The summed E-state index contributed by atoms with van der Waals surface area (Å²) in [6, 6.07) is 0. The monoisotopic (exact) mass is 193 g/mol. The number of carbonyl (C=O) groups is 1. The van der Waals surface area contributed by atoms with Gasteiger partial charge in [0.1, 0.15) is 0 Å². The maximum Gasteiger partial charge on any atom is 0.219 e. The van der Waals surface area contributed by atoms with Crippen molar-refractivity contribution < 1.29 is 4.79 Å². The third-order valence-corrected chi connectivity index (χ3v) is 2.54. The first-order valence-corrected chi connectivity index (χ1v) is 5.30. The molecule has 0 saturated heterocycles. The van der Waals surface area contributed by atoms with Crippen LogP contribution in [-0.2, 0) is 4.79 Å². The van der Waals surface area contributed by atoms with Crippen LogP contribution in [0.4, 0.5) is 0 Å². The third kappa shape index (κ3) is 3.77. The summed E-state index contributed by atoms with van der Waals surface area (Å²) in [7, 11) is 1.68. The van der Waals surface area contributed by atoms with Crippen LogP contribution in [0.5, 0.6) is 0 Å². The molecule has 1 aliphatic rings. The molecular weight excluding hydrogens is 174 g/mol. The largest absolute Gasteiger partial charge is 0.359 e. The quantitative estimate of drug-likeness (QED) is 0.730. The molecule has 1 atom stereocenters. The van der Waals surface area contributed by atoms with Crippen molar-refractivity contribution in [3.05, 3.63) is 23.8 Å². The fraction of sp³-hybridized carbons (Fsp3) is 0.583. The van der Waals surface area contributed by atoms with Gasteiger partial charge in [-0.05, 0) is 25.2 Å². The molecule has 1 rings (SSSR count). The Labute approximate surface area is 86.1 Å². The molecule has 1 aliphatic carbocycles. The predicted molar refractivity (Wildman–Crippen MR) is 58.9 cm³/mol. The molecule has 0 heterocycles. The highest BCUT2D eigenvalue weighted by molar-refractivity contribution is 5.75.